The van der Waals surface area contributed by atoms with E-state index >= 15 is 0 Å². The molecule has 2 rings (SSSR count). The summed E-state index contributed by atoms with van der Waals surface area (Å²) in [4.78, 5) is 16.5. The zero-order valence-electron chi connectivity index (χ0n) is 15.5. The van der Waals surface area contributed by atoms with E-state index in [4.69, 9.17) is 5.73 Å². The summed E-state index contributed by atoms with van der Waals surface area (Å²) in [6.07, 6.45) is 6.70. The number of nitrogens with two attached hydrogens (primary N) is 1. The van der Waals surface area contributed by atoms with E-state index in [0.717, 1.165) is 36.1 Å². The van der Waals surface area contributed by atoms with Crippen LogP contribution in [0.2, 0.25) is 0 Å². The van der Waals surface area contributed by atoms with Gasteiger partial charge in [0.1, 0.15) is 0 Å². The first-order chi connectivity index (χ1) is 11.4. The molecule has 0 aliphatic rings. The molecular formula is C20H29N3O. The predicted octanol–water partition coefficient (Wildman–Crippen LogP) is 4.52. The molecule has 0 radical (unpaired) electrons. The number of amides is 1. The first-order valence-corrected chi connectivity index (χ1v) is 8.83. The van der Waals surface area contributed by atoms with Crippen LogP contribution < -0.4 is 5.73 Å². The van der Waals surface area contributed by atoms with Crippen LogP contribution in [0.15, 0.2) is 24.5 Å². The fourth-order valence-electron chi connectivity index (χ4n) is 3.33. The van der Waals surface area contributed by atoms with Crippen LogP contribution in [0.5, 0.6) is 0 Å². The molecule has 0 saturated carbocycles. The summed E-state index contributed by atoms with van der Waals surface area (Å²) in [6.45, 7) is 10.8. The van der Waals surface area contributed by atoms with Gasteiger partial charge in [-0.05, 0) is 38.7 Å². The molecule has 0 bridgehead atoms. The predicted molar refractivity (Wildman–Crippen MR) is 99.1 cm³/mol. The molecule has 0 aliphatic heterocycles. The Labute approximate surface area is 145 Å². The average Bonchev–Trinajstić information content (AvgIpc) is 2.85. The third-order valence-electron chi connectivity index (χ3n) is 4.89. The van der Waals surface area contributed by atoms with E-state index in [0.29, 0.717) is 17.5 Å². The normalized spacial score (nSPS) is 12.6. The Balaban J connectivity index is 2.79. The van der Waals surface area contributed by atoms with Crippen LogP contribution in [0.25, 0.3) is 11.1 Å². The fourth-order valence-corrected chi connectivity index (χ4v) is 3.33. The van der Waals surface area contributed by atoms with Gasteiger partial charge in [-0.15, -0.1) is 0 Å². The maximum absolute atomic E-state index is 12.2. The number of rotatable bonds is 7. The van der Waals surface area contributed by atoms with Crippen molar-refractivity contribution in [1.29, 1.82) is 0 Å². The fraction of sp³-hybridized carbons (Fsp3) is 0.500. The number of aromatic nitrogens is 2. The monoisotopic (exact) mass is 327 g/mol. The van der Waals surface area contributed by atoms with Gasteiger partial charge in [-0.2, -0.15) is 0 Å². The van der Waals surface area contributed by atoms with Crippen LogP contribution in [-0.2, 0) is 6.42 Å². The molecule has 1 amide bonds. The van der Waals surface area contributed by atoms with Gasteiger partial charge in [0.15, 0.2) is 0 Å². The minimum atomic E-state index is -0.362. The van der Waals surface area contributed by atoms with Gasteiger partial charge >= 0.3 is 0 Å². The van der Waals surface area contributed by atoms with Gasteiger partial charge in [-0.25, -0.2) is 0 Å². The highest BCUT2D eigenvalue weighted by Gasteiger charge is 2.27. The van der Waals surface area contributed by atoms with Gasteiger partial charge in [0, 0.05) is 41.0 Å². The lowest BCUT2D eigenvalue weighted by atomic mass is 9.98. The van der Waals surface area contributed by atoms with E-state index in [-0.39, 0.29) is 5.91 Å². The SMILES string of the molecule is CCCCc1c(-c2cccnc2)c(C(N)=O)c(C)n1C(C)C(C)C. The van der Waals surface area contributed by atoms with Gasteiger partial charge < -0.3 is 10.3 Å². The average molecular weight is 327 g/mol. The third kappa shape index (κ3) is 3.37. The number of primary amides is 1. The van der Waals surface area contributed by atoms with Gasteiger partial charge in [-0.1, -0.05) is 33.3 Å². The molecule has 4 heteroatoms. The summed E-state index contributed by atoms with van der Waals surface area (Å²) in [5, 5.41) is 0. The van der Waals surface area contributed by atoms with Crippen molar-refractivity contribution in [2.45, 2.75) is 59.9 Å². The molecule has 130 valence electrons. The smallest absolute Gasteiger partial charge is 0.251 e. The van der Waals surface area contributed by atoms with Crippen LogP contribution in [-0.4, -0.2) is 15.5 Å². The highest BCUT2D eigenvalue weighted by molar-refractivity contribution is 6.02. The Kier molecular flexibility index (Phi) is 5.81. The molecule has 1 unspecified atom stereocenters. The summed E-state index contributed by atoms with van der Waals surface area (Å²) in [5.74, 6) is 0.109. The van der Waals surface area contributed by atoms with Gasteiger partial charge in [-0.3, -0.25) is 9.78 Å². The summed E-state index contributed by atoms with van der Waals surface area (Å²) < 4.78 is 2.32. The van der Waals surface area contributed by atoms with Crippen LogP contribution in [0.1, 0.15) is 68.3 Å². The molecule has 2 aromatic heterocycles. The Hall–Kier alpha value is -2.10. The van der Waals surface area contributed by atoms with Gasteiger partial charge in [0.2, 0.25) is 0 Å². The summed E-state index contributed by atoms with van der Waals surface area (Å²) in [5.41, 5.74) is 10.5. The number of carbonyl (C=O) groups is 1. The first-order valence-electron chi connectivity index (χ1n) is 8.83. The Morgan fingerprint density at radius 1 is 1.33 bits per heavy atom. The Morgan fingerprint density at radius 3 is 2.54 bits per heavy atom. The third-order valence-corrected chi connectivity index (χ3v) is 4.89. The Morgan fingerprint density at radius 2 is 2.04 bits per heavy atom. The number of hydrogen-bond acceptors (Lipinski definition) is 2. The molecule has 24 heavy (non-hydrogen) atoms. The Bertz CT molecular complexity index is 701. The van der Waals surface area contributed by atoms with Crippen LogP contribution in [0.4, 0.5) is 0 Å². The molecule has 2 heterocycles. The minimum Gasteiger partial charge on any atom is -0.366 e. The standard InChI is InChI=1S/C20H29N3O/c1-6-7-10-17-19(16-9-8-11-22-12-16)18(20(21)24)15(5)23(17)14(4)13(2)3/h8-9,11-14H,6-7,10H2,1-5H3,(H2,21,24). The second-order valence-corrected chi connectivity index (χ2v) is 6.85. The van der Waals surface area contributed by atoms with Crippen molar-refractivity contribution >= 4 is 5.91 Å². The molecule has 2 aromatic rings. The molecule has 1 atom stereocenters. The van der Waals surface area contributed by atoms with Crippen molar-refractivity contribution in [1.82, 2.24) is 9.55 Å². The van der Waals surface area contributed by atoms with Crippen LogP contribution in [0.3, 0.4) is 0 Å². The number of pyridine rings is 1. The molecule has 0 aromatic carbocycles. The lowest BCUT2D eigenvalue weighted by Crippen LogP contribution is -2.17. The van der Waals surface area contributed by atoms with E-state index in [1.165, 1.54) is 5.69 Å². The van der Waals surface area contributed by atoms with Crippen molar-refractivity contribution in [3.63, 3.8) is 0 Å². The first kappa shape index (κ1) is 18.2. The van der Waals surface area contributed by atoms with Crippen LogP contribution >= 0.6 is 0 Å². The van der Waals surface area contributed by atoms with Crippen molar-refractivity contribution in [2.24, 2.45) is 11.7 Å². The topological polar surface area (TPSA) is 60.9 Å². The molecule has 0 aliphatic carbocycles. The van der Waals surface area contributed by atoms with Crippen molar-refractivity contribution in [2.75, 3.05) is 0 Å². The minimum absolute atomic E-state index is 0.306. The molecule has 0 fully saturated rings. The zero-order chi connectivity index (χ0) is 17.9. The van der Waals surface area contributed by atoms with E-state index in [1.807, 2.05) is 25.3 Å². The number of carbonyl (C=O) groups excluding carboxylic acids is 1. The lowest BCUT2D eigenvalue weighted by Gasteiger charge is -2.23. The highest BCUT2D eigenvalue weighted by atomic mass is 16.1. The maximum Gasteiger partial charge on any atom is 0.251 e. The van der Waals surface area contributed by atoms with Gasteiger partial charge in [0.25, 0.3) is 5.91 Å². The summed E-state index contributed by atoms with van der Waals surface area (Å²) >= 11 is 0. The van der Waals surface area contributed by atoms with E-state index < -0.39 is 0 Å². The van der Waals surface area contributed by atoms with Crippen LogP contribution in [0, 0.1) is 12.8 Å². The van der Waals surface area contributed by atoms with E-state index in [2.05, 4.69) is 37.2 Å². The van der Waals surface area contributed by atoms with Crippen molar-refractivity contribution in [3.8, 4) is 11.1 Å². The van der Waals surface area contributed by atoms with Crippen molar-refractivity contribution in [3.05, 3.63) is 41.5 Å². The molecule has 0 saturated heterocycles. The summed E-state index contributed by atoms with van der Waals surface area (Å²) in [6, 6.07) is 4.22. The van der Waals surface area contributed by atoms with E-state index in [1.54, 1.807) is 6.20 Å². The largest absolute Gasteiger partial charge is 0.366 e. The van der Waals surface area contributed by atoms with Crippen molar-refractivity contribution < 1.29 is 4.79 Å². The second-order valence-electron chi connectivity index (χ2n) is 6.85. The number of unbranched alkanes of at least 4 members (excludes halogenated alkanes) is 1. The lowest BCUT2D eigenvalue weighted by molar-refractivity contribution is 0.1000. The molecule has 4 nitrogen and oxygen atoms in total. The summed E-state index contributed by atoms with van der Waals surface area (Å²) in [7, 11) is 0. The zero-order valence-corrected chi connectivity index (χ0v) is 15.5. The number of nitrogens with zero attached hydrogens (tertiary/aromatic N) is 2. The number of hydrogen-bond donors (Lipinski definition) is 1. The van der Waals surface area contributed by atoms with E-state index in [9.17, 15) is 4.79 Å². The maximum atomic E-state index is 12.2. The quantitative estimate of drug-likeness (QED) is 0.813. The molecule has 2 N–H and O–H groups in total. The van der Waals surface area contributed by atoms with Gasteiger partial charge in [0.05, 0.1) is 5.56 Å². The molecule has 0 spiro atoms. The second kappa shape index (κ2) is 7.65. The highest BCUT2D eigenvalue weighted by Crippen LogP contribution is 2.36. The molecular weight excluding hydrogens is 298 g/mol.